The van der Waals surface area contributed by atoms with Crippen LogP contribution in [0.2, 0.25) is 0 Å². The van der Waals surface area contributed by atoms with E-state index in [2.05, 4.69) is 9.47 Å². The zero-order valence-electron chi connectivity index (χ0n) is 9.15. The molecule has 5 nitrogen and oxygen atoms in total. The molecular weight excluding hydrogens is 248 g/mol. The van der Waals surface area contributed by atoms with Crippen molar-refractivity contribution < 1.29 is 27.8 Å². The Kier molecular flexibility index (Phi) is 4.32. The van der Waals surface area contributed by atoms with E-state index in [9.17, 15) is 18.4 Å². The molecule has 0 amide bonds. The second-order valence-corrected chi connectivity index (χ2v) is 3.00. The fourth-order valence-corrected chi connectivity index (χ4v) is 1.32. The standard InChI is InChI=1S/C11H7F2NO4/c1-17-10(16)6-2-3-9(18-11(12)13)7(4-14)8(6)5-15/h2-3,5,11H,1H3. The Morgan fingerprint density at radius 1 is 1.50 bits per heavy atom. The number of nitrogens with zero attached hydrogens (tertiary/aromatic N) is 1. The van der Waals surface area contributed by atoms with E-state index in [1.165, 1.54) is 0 Å². The van der Waals surface area contributed by atoms with Crippen LogP contribution in [0.15, 0.2) is 12.1 Å². The number of aldehydes is 1. The third-order valence-electron chi connectivity index (χ3n) is 2.06. The summed E-state index contributed by atoms with van der Waals surface area (Å²) in [5.41, 5.74) is -0.971. The van der Waals surface area contributed by atoms with Crippen molar-refractivity contribution in [3.63, 3.8) is 0 Å². The number of hydrogen-bond donors (Lipinski definition) is 0. The summed E-state index contributed by atoms with van der Waals surface area (Å²) in [5, 5.41) is 8.84. The molecule has 0 atom stereocenters. The van der Waals surface area contributed by atoms with Gasteiger partial charge in [-0.2, -0.15) is 14.0 Å². The SMILES string of the molecule is COC(=O)c1ccc(OC(F)F)c(C#N)c1C=O. The maximum absolute atomic E-state index is 12.1. The summed E-state index contributed by atoms with van der Waals surface area (Å²) in [5.74, 6) is -1.32. The van der Waals surface area contributed by atoms with Gasteiger partial charge in [-0.3, -0.25) is 4.79 Å². The maximum Gasteiger partial charge on any atom is 0.387 e. The van der Waals surface area contributed by atoms with Gasteiger partial charge in [-0.05, 0) is 12.1 Å². The first-order valence-corrected chi connectivity index (χ1v) is 4.60. The lowest BCUT2D eigenvalue weighted by Gasteiger charge is -2.10. The van der Waals surface area contributed by atoms with E-state index < -0.39 is 23.9 Å². The Bertz CT molecular complexity index is 523. The molecule has 1 rings (SSSR count). The molecule has 0 N–H and O–H groups in total. The molecule has 0 radical (unpaired) electrons. The minimum absolute atomic E-state index is 0.189. The third kappa shape index (κ3) is 2.60. The number of nitriles is 1. The molecule has 94 valence electrons. The average molecular weight is 255 g/mol. The number of alkyl halides is 2. The number of halogens is 2. The summed E-state index contributed by atoms with van der Waals surface area (Å²) in [7, 11) is 1.09. The smallest absolute Gasteiger partial charge is 0.387 e. The number of carbonyl (C=O) groups is 2. The van der Waals surface area contributed by atoms with Crippen LogP contribution in [0.1, 0.15) is 26.3 Å². The van der Waals surface area contributed by atoms with Gasteiger partial charge in [0.05, 0.1) is 18.2 Å². The van der Waals surface area contributed by atoms with Gasteiger partial charge in [0.25, 0.3) is 0 Å². The van der Waals surface area contributed by atoms with E-state index in [1.54, 1.807) is 6.07 Å². The first kappa shape index (κ1) is 13.6. The van der Waals surface area contributed by atoms with E-state index in [4.69, 9.17) is 5.26 Å². The van der Waals surface area contributed by atoms with Crippen LogP contribution in [0.25, 0.3) is 0 Å². The zero-order valence-corrected chi connectivity index (χ0v) is 9.15. The van der Waals surface area contributed by atoms with E-state index in [0.29, 0.717) is 0 Å². The van der Waals surface area contributed by atoms with Crippen LogP contribution < -0.4 is 4.74 Å². The molecule has 0 heterocycles. The maximum atomic E-state index is 12.1. The van der Waals surface area contributed by atoms with Gasteiger partial charge in [-0.1, -0.05) is 0 Å². The molecular formula is C11H7F2NO4. The van der Waals surface area contributed by atoms with Crippen LogP contribution >= 0.6 is 0 Å². The summed E-state index contributed by atoms with van der Waals surface area (Å²) in [4.78, 5) is 22.2. The van der Waals surface area contributed by atoms with Crippen molar-refractivity contribution in [3.8, 4) is 11.8 Å². The van der Waals surface area contributed by atoms with Crippen LogP contribution in [0.4, 0.5) is 8.78 Å². The summed E-state index contributed by atoms with van der Waals surface area (Å²) in [6.07, 6.45) is 0.211. The lowest BCUT2D eigenvalue weighted by Crippen LogP contribution is -2.10. The molecule has 0 saturated carbocycles. The van der Waals surface area contributed by atoms with Crippen molar-refractivity contribution in [2.45, 2.75) is 6.61 Å². The molecule has 7 heteroatoms. The predicted octanol–water partition coefficient (Wildman–Crippen LogP) is 1.76. The number of esters is 1. The number of benzene rings is 1. The highest BCUT2D eigenvalue weighted by atomic mass is 19.3. The molecule has 0 saturated heterocycles. The van der Waals surface area contributed by atoms with E-state index in [-0.39, 0.29) is 17.4 Å². The Balaban J connectivity index is 3.42. The van der Waals surface area contributed by atoms with Crippen molar-refractivity contribution in [1.82, 2.24) is 0 Å². The lowest BCUT2D eigenvalue weighted by atomic mass is 10.0. The monoisotopic (exact) mass is 255 g/mol. The lowest BCUT2D eigenvalue weighted by molar-refractivity contribution is -0.0500. The second-order valence-electron chi connectivity index (χ2n) is 3.00. The quantitative estimate of drug-likeness (QED) is 0.605. The van der Waals surface area contributed by atoms with E-state index in [0.717, 1.165) is 19.2 Å². The molecule has 18 heavy (non-hydrogen) atoms. The second kappa shape index (κ2) is 5.72. The summed E-state index contributed by atoms with van der Waals surface area (Å²) in [6.45, 7) is -3.14. The molecule has 0 fully saturated rings. The van der Waals surface area contributed by atoms with Gasteiger partial charge in [-0.15, -0.1) is 0 Å². The first-order valence-electron chi connectivity index (χ1n) is 4.60. The molecule has 0 spiro atoms. The van der Waals surface area contributed by atoms with Crippen LogP contribution in [0.3, 0.4) is 0 Å². The molecule has 0 aliphatic heterocycles. The fraction of sp³-hybridized carbons (Fsp3) is 0.182. The summed E-state index contributed by atoms with van der Waals surface area (Å²) < 4.78 is 32.7. The number of hydrogen-bond acceptors (Lipinski definition) is 5. The van der Waals surface area contributed by atoms with Gasteiger partial charge in [-0.25, -0.2) is 4.79 Å². The molecule has 0 aliphatic rings. The van der Waals surface area contributed by atoms with Gasteiger partial charge in [0.1, 0.15) is 17.4 Å². The molecule has 1 aromatic carbocycles. The van der Waals surface area contributed by atoms with Gasteiger partial charge in [0.2, 0.25) is 0 Å². The van der Waals surface area contributed by atoms with Crippen molar-refractivity contribution in [2.24, 2.45) is 0 Å². The average Bonchev–Trinajstić information content (AvgIpc) is 2.36. The van der Waals surface area contributed by atoms with E-state index >= 15 is 0 Å². The number of ether oxygens (including phenoxy) is 2. The normalized spacial score (nSPS) is 9.72. The van der Waals surface area contributed by atoms with Gasteiger partial charge >= 0.3 is 12.6 Å². The van der Waals surface area contributed by atoms with E-state index in [1.807, 2.05) is 0 Å². The number of methoxy groups -OCH3 is 1. The Morgan fingerprint density at radius 2 is 2.17 bits per heavy atom. The topological polar surface area (TPSA) is 76.4 Å². The largest absolute Gasteiger partial charge is 0.465 e. The minimum atomic E-state index is -3.14. The minimum Gasteiger partial charge on any atom is -0.465 e. The highest BCUT2D eigenvalue weighted by molar-refractivity contribution is 6.00. The Hall–Kier alpha value is -2.49. The van der Waals surface area contributed by atoms with Gasteiger partial charge in [0.15, 0.2) is 6.29 Å². The zero-order chi connectivity index (χ0) is 13.7. The summed E-state index contributed by atoms with van der Waals surface area (Å²) in [6, 6.07) is 3.62. The molecule has 0 aliphatic carbocycles. The highest BCUT2D eigenvalue weighted by Gasteiger charge is 2.20. The van der Waals surface area contributed by atoms with Crippen molar-refractivity contribution in [1.29, 1.82) is 5.26 Å². The fourth-order valence-electron chi connectivity index (χ4n) is 1.32. The Labute approximate surface area is 101 Å². The van der Waals surface area contributed by atoms with Crippen LogP contribution in [-0.4, -0.2) is 26.0 Å². The molecule has 0 unspecified atom stereocenters. The van der Waals surface area contributed by atoms with Crippen molar-refractivity contribution in [2.75, 3.05) is 7.11 Å². The van der Waals surface area contributed by atoms with Crippen molar-refractivity contribution in [3.05, 3.63) is 28.8 Å². The number of carbonyl (C=O) groups excluding carboxylic acids is 2. The van der Waals surface area contributed by atoms with Crippen LogP contribution in [-0.2, 0) is 4.74 Å². The molecule has 1 aromatic rings. The molecule has 0 bridgehead atoms. The van der Waals surface area contributed by atoms with Crippen LogP contribution in [0, 0.1) is 11.3 Å². The number of rotatable bonds is 4. The highest BCUT2D eigenvalue weighted by Crippen LogP contribution is 2.25. The van der Waals surface area contributed by atoms with Gasteiger partial charge in [0, 0.05) is 0 Å². The summed E-state index contributed by atoms with van der Waals surface area (Å²) >= 11 is 0. The predicted molar refractivity (Wildman–Crippen MR) is 54.5 cm³/mol. The Morgan fingerprint density at radius 3 is 2.61 bits per heavy atom. The van der Waals surface area contributed by atoms with Gasteiger partial charge < -0.3 is 9.47 Å². The first-order chi connectivity index (χ1) is 8.54. The van der Waals surface area contributed by atoms with Crippen LogP contribution in [0.5, 0.6) is 5.75 Å². The molecule has 0 aromatic heterocycles. The third-order valence-corrected chi connectivity index (χ3v) is 2.06. The van der Waals surface area contributed by atoms with Crippen molar-refractivity contribution >= 4 is 12.3 Å².